The van der Waals surface area contributed by atoms with Gasteiger partial charge in [-0.15, -0.1) is 0 Å². The molecule has 3 aromatic rings. The molecule has 1 heterocycles. The largest absolute Gasteiger partial charge is 0.463 e. The summed E-state index contributed by atoms with van der Waals surface area (Å²) in [6.07, 6.45) is 3.03. The van der Waals surface area contributed by atoms with Crippen LogP contribution in [0.1, 0.15) is 11.1 Å². The molecule has 0 unspecified atom stereocenters. The van der Waals surface area contributed by atoms with Crippen molar-refractivity contribution in [2.45, 2.75) is 6.54 Å². The summed E-state index contributed by atoms with van der Waals surface area (Å²) >= 11 is 0. The molecule has 3 rings (SSSR count). The molecular formula is C17H13NO2. The molecule has 20 heavy (non-hydrogen) atoms. The van der Waals surface area contributed by atoms with E-state index in [0.717, 1.165) is 5.56 Å². The van der Waals surface area contributed by atoms with E-state index >= 15 is 0 Å². The van der Waals surface area contributed by atoms with E-state index in [0.29, 0.717) is 23.1 Å². The van der Waals surface area contributed by atoms with Gasteiger partial charge in [0.1, 0.15) is 11.8 Å². The van der Waals surface area contributed by atoms with Gasteiger partial charge in [0.2, 0.25) is 5.43 Å². The van der Waals surface area contributed by atoms with Crippen LogP contribution in [0.15, 0.2) is 75.1 Å². The van der Waals surface area contributed by atoms with Gasteiger partial charge in [-0.1, -0.05) is 42.5 Å². The number of aliphatic imine (C=N–C) groups is 1. The first kappa shape index (κ1) is 12.4. The van der Waals surface area contributed by atoms with Crippen LogP contribution >= 0.6 is 0 Å². The second-order valence-corrected chi connectivity index (χ2v) is 4.47. The van der Waals surface area contributed by atoms with Crippen LogP contribution in [0, 0.1) is 0 Å². The zero-order valence-corrected chi connectivity index (χ0v) is 10.8. The molecule has 0 amide bonds. The van der Waals surface area contributed by atoms with Crippen LogP contribution in [0.2, 0.25) is 0 Å². The van der Waals surface area contributed by atoms with E-state index in [1.165, 1.54) is 6.26 Å². The molecule has 0 aliphatic rings. The Morgan fingerprint density at radius 2 is 1.75 bits per heavy atom. The van der Waals surface area contributed by atoms with Crippen LogP contribution in [0.25, 0.3) is 11.0 Å². The van der Waals surface area contributed by atoms with Gasteiger partial charge in [0.15, 0.2) is 0 Å². The van der Waals surface area contributed by atoms with Gasteiger partial charge in [0, 0.05) is 6.21 Å². The van der Waals surface area contributed by atoms with Crippen molar-refractivity contribution in [3.63, 3.8) is 0 Å². The zero-order chi connectivity index (χ0) is 13.8. The summed E-state index contributed by atoms with van der Waals surface area (Å²) in [6, 6.07) is 17.1. The molecule has 0 aliphatic heterocycles. The average Bonchev–Trinajstić information content (AvgIpc) is 2.51. The second-order valence-electron chi connectivity index (χ2n) is 4.47. The average molecular weight is 263 g/mol. The molecule has 98 valence electrons. The topological polar surface area (TPSA) is 42.6 Å². The van der Waals surface area contributed by atoms with Crippen molar-refractivity contribution >= 4 is 17.2 Å². The van der Waals surface area contributed by atoms with Gasteiger partial charge in [-0.25, -0.2) is 0 Å². The maximum Gasteiger partial charge on any atom is 0.201 e. The third-order valence-corrected chi connectivity index (χ3v) is 3.05. The molecule has 0 aliphatic carbocycles. The van der Waals surface area contributed by atoms with Crippen molar-refractivity contribution in [2.75, 3.05) is 0 Å². The third-order valence-electron chi connectivity index (χ3n) is 3.05. The van der Waals surface area contributed by atoms with Gasteiger partial charge >= 0.3 is 0 Å². The zero-order valence-electron chi connectivity index (χ0n) is 10.8. The van der Waals surface area contributed by atoms with Crippen LogP contribution in [-0.2, 0) is 6.54 Å². The van der Waals surface area contributed by atoms with Crippen LogP contribution in [0.3, 0.4) is 0 Å². The summed E-state index contributed by atoms with van der Waals surface area (Å²) in [4.78, 5) is 16.5. The van der Waals surface area contributed by atoms with E-state index in [-0.39, 0.29) is 5.43 Å². The normalized spacial score (nSPS) is 11.2. The molecule has 0 radical (unpaired) electrons. The molecule has 2 aromatic carbocycles. The SMILES string of the molecule is O=c1c(C=NCc2ccccc2)coc2ccccc12. The quantitative estimate of drug-likeness (QED) is 0.679. The highest BCUT2D eigenvalue weighted by atomic mass is 16.3. The molecule has 0 spiro atoms. The highest BCUT2D eigenvalue weighted by Crippen LogP contribution is 2.09. The maximum absolute atomic E-state index is 12.2. The fraction of sp³-hybridized carbons (Fsp3) is 0.0588. The third kappa shape index (κ3) is 2.52. The molecule has 0 saturated carbocycles. The number of para-hydroxylation sites is 1. The van der Waals surface area contributed by atoms with Crippen LogP contribution in [0.5, 0.6) is 0 Å². The Morgan fingerprint density at radius 1 is 1.00 bits per heavy atom. The highest BCUT2D eigenvalue weighted by Gasteiger charge is 2.03. The second kappa shape index (κ2) is 5.53. The molecule has 0 atom stereocenters. The summed E-state index contributed by atoms with van der Waals surface area (Å²) in [5.41, 5.74) is 2.12. The Bertz CT molecular complexity index is 804. The summed E-state index contributed by atoms with van der Waals surface area (Å²) in [6.45, 7) is 0.549. The Labute approximate surface area is 116 Å². The van der Waals surface area contributed by atoms with Gasteiger partial charge in [-0.3, -0.25) is 9.79 Å². The van der Waals surface area contributed by atoms with E-state index < -0.39 is 0 Å². The van der Waals surface area contributed by atoms with Gasteiger partial charge < -0.3 is 4.42 Å². The molecule has 0 N–H and O–H groups in total. The highest BCUT2D eigenvalue weighted by molar-refractivity contribution is 5.86. The fourth-order valence-corrected chi connectivity index (χ4v) is 2.01. The van der Waals surface area contributed by atoms with Gasteiger partial charge in [-0.05, 0) is 17.7 Å². The number of hydrogen-bond donors (Lipinski definition) is 0. The molecule has 0 bridgehead atoms. The van der Waals surface area contributed by atoms with Crippen LogP contribution in [0.4, 0.5) is 0 Å². The van der Waals surface area contributed by atoms with Crippen molar-refractivity contribution in [1.29, 1.82) is 0 Å². The van der Waals surface area contributed by atoms with Crippen LogP contribution < -0.4 is 5.43 Å². The monoisotopic (exact) mass is 263 g/mol. The van der Waals surface area contributed by atoms with Gasteiger partial charge in [0.25, 0.3) is 0 Å². The van der Waals surface area contributed by atoms with Gasteiger partial charge in [-0.2, -0.15) is 0 Å². The van der Waals surface area contributed by atoms with E-state index in [2.05, 4.69) is 4.99 Å². The number of rotatable bonds is 3. The fourth-order valence-electron chi connectivity index (χ4n) is 2.01. The minimum absolute atomic E-state index is 0.0522. The molecule has 3 heteroatoms. The number of benzene rings is 2. The van der Waals surface area contributed by atoms with E-state index in [1.54, 1.807) is 18.3 Å². The minimum Gasteiger partial charge on any atom is -0.463 e. The molecule has 0 fully saturated rings. The minimum atomic E-state index is -0.0522. The first-order valence-electron chi connectivity index (χ1n) is 6.39. The lowest BCUT2D eigenvalue weighted by molar-refractivity contribution is 0.601. The maximum atomic E-state index is 12.2. The standard InChI is InChI=1S/C17H13NO2/c19-17-14(11-18-10-13-6-2-1-3-7-13)12-20-16-9-5-4-8-15(16)17/h1-9,11-12H,10H2. The lowest BCUT2D eigenvalue weighted by atomic mass is 10.2. The summed E-state index contributed by atoms with van der Waals surface area (Å²) in [7, 11) is 0. The van der Waals surface area contributed by atoms with Crippen LogP contribution in [-0.4, -0.2) is 6.21 Å². The number of fused-ring (bicyclic) bond motifs is 1. The molecule has 3 nitrogen and oxygen atoms in total. The first-order valence-corrected chi connectivity index (χ1v) is 6.39. The first-order chi connectivity index (χ1) is 9.84. The van der Waals surface area contributed by atoms with Crippen molar-refractivity contribution < 1.29 is 4.42 Å². The predicted molar refractivity (Wildman–Crippen MR) is 80.2 cm³/mol. The van der Waals surface area contributed by atoms with E-state index in [1.807, 2.05) is 42.5 Å². The van der Waals surface area contributed by atoms with E-state index in [4.69, 9.17) is 4.42 Å². The van der Waals surface area contributed by atoms with Crippen molar-refractivity contribution in [2.24, 2.45) is 4.99 Å². The van der Waals surface area contributed by atoms with Crippen molar-refractivity contribution in [3.8, 4) is 0 Å². The van der Waals surface area contributed by atoms with Crippen molar-refractivity contribution in [1.82, 2.24) is 0 Å². The Kier molecular flexibility index (Phi) is 3.42. The Morgan fingerprint density at radius 3 is 2.60 bits per heavy atom. The summed E-state index contributed by atoms with van der Waals surface area (Å²) < 4.78 is 5.44. The lowest BCUT2D eigenvalue weighted by Crippen LogP contribution is -2.07. The Hall–Kier alpha value is -2.68. The number of nitrogens with zero attached hydrogens (tertiary/aromatic N) is 1. The summed E-state index contributed by atoms with van der Waals surface area (Å²) in [5, 5.41) is 0.580. The number of hydrogen-bond acceptors (Lipinski definition) is 3. The van der Waals surface area contributed by atoms with Crippen molar-refractivity contribution in [3.05, 3.63) is 82.2 Å². The van der Waals surface area contributed by atoms with Gasteiger partial charge in [0.05, 0.1) is 17.5 Å². The lowest BCUT2D eigenvalue weighted by Gasteiger charge is -1.98. The molecule has 0 saturated heterocycles. The molecular weight excluding hydrogens is 250 g/mol. The Balaban J connectivity index is 1.88. The van der Waals surface area contributed by atoms with E-state index in [9.17, 15) is 4.79 Å². The summed E-state index contributed by atoms with van der Waals surface area (Å²) in [5.74, 6) is 0. The predicted octanol–water partition coefficient (Wildman–Crippen LogP) is 3.41. The molecule has 1 aromatic heterocycles. The smallest absolute Gasteiger partial charge is 0.201 e.